The summed E-state index contributed by atoms with van der Waals surface area (Å²) >= 11 is 0. The van der Waals surface area contributed by atoms with Gasteiger partial charge in [0.1, 0.15) is 5.52 Å². The minimum atomic E-state index is 0.491. The summed E-state index contributed by atoms with van der Waals surface area (Å²) in [6, 6.07) is 0.491. The van der Waals surface area contributed by atoms with Crippen molar-refractivity contribution in [2.45, 2.75) is 52.0 Å². The maximum absolute atomic E-state index is 6.17. The van der Waals surface area contributed by atoms with Crippen molar-refractivity contribution >= 4 is 17.1 Å². The first kappa shape index (κ1) is 12.5. The van der Waals surface area contributed by atoms with Crippen molar-refractivity contribution in [1.29, 1.82) is 0 Å². The predicted octanol–water partition coefficient (Wildman–Crippen LogP) is 2.67. The van der Waals surface area contributed by atoms with E-state index in [1.54, 1.807) is 0 Å². The minimum absolute atomic E-state index is 0.491. The lowest BCUT2D eigenvalue weighted by molar-refractivity contribution is 0.501. The summed E-state index contributed by atoms with van der Waals surface area (Å²) in [5.74, 6) is 1.43. The fourth-order valence-corrected chi connectivity index (χ4v) is 3.40. The monoisotopic (exact) mass is 261 g/mol. The van der Waals surface area contributed by atoms with Gasteiger partial charge in [-0.3, -0.25) is 9.25 Å². The maximum atomic E-state index is 6.17. The molecule has 2 atom stereocenters. The summed E-state index contributed by atoms with van der Waals surface area (Å²) in [5.41, 5.74) is 9.35. The van der Waals surface area contributed by atoms with Gasteiger partial charge in [0.05, 0.1) is 5.69 Å². The molecule has 3 rings (SSSR count). The van der Waals surface area contributed by atoms with Crippen LogP contribution >= 0.6 is 0 Å². The van der Waals surface area contributed by atoms with Gasteiger partial charge in [-0.2, -0.15) is 5.10 Å². The van der Waals surface area contributed by atoms with Gasteiger partial charge in [-0.05, 0) is 31.6 Å². The lowest BCUT2D eigenvalue weighted by atomic mass is 10.1. The third-order valence-corrected chi connectivity index (χ3v) is 4.28. The van der Waals surface area contributed by atoms with E-state index in [0.717, 1.165) is 35.6 Å². The lowest BCUT2D eigenvalue weighted by Gasteiger charge is -2.14. The molecular formula is C14H23N5. The van der Waals surface area contributed by atoms with Gasteiger partial charge >= 0.3 is 0 Å². The van der Waals surface area contributed by atoms with Crippen LogP contribution in [0.3, 0.4) is 0 Å². The van der Waals surface area contributed by atoms with E-state index in [-0.39, 0.29) is 0 Å². The molecule has 1 aliphatic carbocycles. The number of fused-ring (bicyclic) bond motifs is 1. The molecule has 2 heterocycles. The molecule has 0 aliphatic heterocycles. The molecule has 0 radical (unpaired) electrons. The molecule has 0 saturated heterocycles. The molecule has 2 aromatic heterocycles. The molecule has 0 bridgehead atoms. The van der Waals surface area contributed by atoms with Crippen LogP contribution in [0.25, 0.3) is 11.2 Å². The highest BCUT2D eigenvalue weighted by Crippen LogP contribution is 2.38. The highest BCUT2D eigenvalue weighted by atomic mass is 15.4. The molecule has 1 aliphatic rings. The molecule has 1 saturated carbocycles. The molecule has 1 fully saturated rings. The number of aryl methyl sites for hydroxylation is 2. The number of hydrogen-bond acceptors (Lipinski definition) is 3. The van der Waals surface area contributed by atoms with Crippen molar-refractivity contribution in [2.24, 2.45) is 13.0 Å². The Morgan fingerprint density at radius 1 is 1.37 bits per heavy atom. The molecule has 0 amide bonds. The number of imidazole rings is 1. The Kier molecular flexibility index (Phi) is 2.99. The quantitative estimate of drug-likeness (QED) is 0.924. The molecule has 5 nitrogen and oxygen atoms in total. The lowest BCUT2D eigenvalue weighted by Crippen LogP contribution is -2.11. The third-order valence-electron chi connectivity index (χ3n) is 4.28. The molecule has 2 aromatic rings. The molecule has 19 heavy (non-hydrogen) atoms. The van der Waals surface area contributed by atoms with Gasteiger partial charge < -0.3 is 5.73 Å². The van der Waals surface area contributed by atoms with Crippen LogP contribution in [0.2, 0.25) is 0 Å². The summed E-state index contributed by atoms with van der Waals surface area (Å²) < 4.78 is 4.16. The number of aromatic nitrogens is 4. The van der Waals surface area contributed by atoms with Gasteiger partial charge in [0.15, 0.2) is 5.65 Å². The fraction of sp³-hybridized carbons (Fsp3) is 0.714. The Labute approximate surface area is 113 Å². The van der Waals surface area contributed by atoms with Crippen molar-refractivity contribution < 1.29 is 0 Å². The van der Waals surface area contributed by atoms with Gasteiger partial charge in [-0.25, -0.2) is 4.98 Å². The minimum Gasteiger partial charge on any atom is -0.369 e. The van der Waals surface area contributed by atoms with Gasteiger partial charge in [-0.15, -0.1) is 0 Å². The van der Waals surface area contributed by atoms with E-state index >= 15 is 0 Å². The van der Waals surface area contributed by atoms with Crippen molar-refractivity contribution in [2.75, 3.05) is 5.73 Å². The van der Waals surface area contributed by atoms with Gasteiger partial charge in [0.2, 0.25) is 5.95 Å². The van der Waals surface area contributed by atoms with Gasteiger partial charge in [0.25, 0.3) is 0 Å². The van der Waals surface area contributed by atoms with Crippen LogP contribution in [0, 0.1) is 5.92 Å². The van der Waals surface area contributed by atoms with Crippen LogP contribution in [-0.4, -0.2) is 19.3 Å². The summed E-state index contributed by atoms with van der Waals surface area (Å²) in [7, 11) is 2.00. The first-order chi connectivity index (χ1) is 9.11. The van der Waals surface area contributed by atoms with E-state index < -0.39 is 0 Å². The van der Waals surface area contributed by atoms with Crippen molar-refractivity contribution in [3.8, 4) is 0 Å². The van der Waals surface area contributed by atoms with E-state index in [9.17, 15) is 0 Å². The van der Waals surface area contributed by atoms with Crippen LogP contribution in [-0.2, 0) is 13.5 Å². The standard InChI is InChI=1S/C14H23N5/c1-4-5-11-12-13(18(3)17-11)19(14(15)16-12)10-7-6-9(2)8-10/h9-10H,4-8H2,1-3H3,(H2,15,16). The molecule has 5 heteroatoms. The zero-order valence-electron chi connectivity index (χ0n) is 12.1. The average Bonchev–Trinajstić information content (AvgIpc) is 2.98. The summed E-state index contributed by atoms with van der Waals surface area (Å²) in [4.78, 5) is 4.58. The second kappa shape index (κ2) is 4.54. The largest absolute Gasteiger partial charge is 0.369 e. The Balaban J connectivity index is 2.11. The fourth-order valence-electron chi connectivity index (χ4n) is 3.40. The molecule has 2 unspecified atom stereocenters. The Bertz CT molecular complexity index is 595. The highest BCUT2D eigenvalue weighted by molar-refractivity contribution is 5.78. The molecule has 2 N–H and O–H groups in total. The van der Waals surface area contributed by atoms with E-state index in [0.29, 0.717) is 12.0 Å². The zero-order valence-corrected chi connectivity index (χ0v) is 12.1. The number of hydrogen-bond donors (Lipinski definition) is 1. The molecule has 0 aromatic carbocycles. The van der Waals surface area contributed by atoms with E-state index in [4.69, 9.17) is 5.73 Å². The van der Waals surface area contributed by atoms with E-state index in [1.807, 2.05) is 11.7 Å². The molecule has 104 valence electrons. The van der Waals surface area contributed by atoms with Crippen molar-refractivity contribution in [1.82, 2.24) is 19.3 Å². The topological polar surface area (TPSA) is 61.7 Å². The van der Waals surface area contributed by atoms with Crippen molar-refractivity contribution in [3.63, 3.8) is 0 Å². The maximum Gasteiger partial charge on any atom is 0.202 e. The smallest absolute Gasteiger partial charge is 0.202 e. The van der Waals surface area contributed by atoms with Crippen LogP contribution in [0.4, 0.5) is 5.95 Å². The van der Waals surface area contributed by atoms with E-state index in [2.05, 4.69) is 28.5 Å². The number of anilines is 1. The first-order valence-electron chi connectivity index (χ1n) is 7.31. The SMILES string of the molecule is CCCc1nn(C)c2c1nc(N)n2C1CCC(C)C1. The predicted molar refractivity (Wildman–Crippen MR) is 77.0 cm³/mol. The van der Waals surface area contributed by atoms with Gasteiger partial charge in [0, 0.05) is 13.1 Å². The highest BCUT2D eigenvalue weighted by Gasteiger charge is 2.28. The van der Waals surface area contributed by atoms with Crippen LogP contribution < -0.4 is 5.73 Å². The molecular weight excluding hydrogens is 238 g/mol. The Hall–Kier alpha value is -1.52. The Morgan fingerprint density at radius 3 is 2.79 bits per heavy atom. The zero-order chi connectivity index (χ0) is 13.6. The van der Waals surface area contributed by atoms with E-state index in [1.165, 1.54) is 19.3 Å². The number of nitrogens with two attached hydrogens (primary N) is 1. The molecule has 0 spiro atoms. The van der Waals surface area contributed by atoms with Crippen molar-refractivity contribution in [3.05, 3.63) is 5.69 Å². The second-order valence-corrected chi connectivity index (χ2v) is 5.90. The third kappa shape index (κ3) is 1.91. The normalized spacial score (nSPS) is 23.5. The summed E-state index contributed by atoms with van der Waals surface area (Å²) in [6.45, 7) is 4.48. The summed E-state index contributed by atoms with van der Waals surface area (Å²) in [5, 5.41) is 4.61. The van der Waals surface area contributed by atoms with Crippen LogP contribution in [0.1, 0.15) is 51.3 Å². The average molecular weight is 261 g/mol. The number of rotatable bonds is 3. The van der Waals surface area contributed by atoms with Crippen LogP contribution in [0.15, 0.2) is 0 Å². The second-order valence-electron chi connectivity index (χ2n) is 5.90. The van der Waals surface area contributed by atoms with Gasteiger partial charge in [-0.1, -0.05) is 20.3 Å². The number of nitrogen functional groups attached to an aromatic ring is 1. The van der Waals surface area contributed by atoms with Crippen LogP contribution in [0.5, 0.6) is 0 Å². The first-order valence-corrected chi connectivity index (χ1v) is 7.31. The number of nitrogens with zero attached hydrogens (tertiary/aromatic N) is 4. The Morgan fingerprint density at radius 2 is 2.16 bits per heavy atom. The summed E-state index contributed by atoms with van der Waals surface area (Å²) in [6.07, 6.45) is 5.73.